The lowest BCUT2D eigenvalue weighted by Crippen LogP contribution is -2.32. The second-order valence-electron chi connectivity index (χ2n) is 7.95. The van der Waals surface area contributed by atoms with E-state index in [1.54, 1.807) is 42.5 Å². The first-order valence-corrected chi connectivity index (χ1v) is 10.8. The van der Waals surface area contributed by atoms with Crippen molar-refractivity contribution in [3.8, 4) is 5.75 Å². The number of carbonyl (C=O) groups excluding carboxylic acids is 2. The first-order valence-electron chi connectivity index (χ1n) is 10.4. The quantitative estimate of drug-likeness (QED) is 0.456. The molecule has 5 nitrogen and oxygen atoms in total. The number of anilines is 2. The number of hydrogen-bond donors (Lipinski definition) is 1. The van der Waals surface area contributed by atoms with Gasteiger partial charge in [-0.2, -0.15) is 0 Å². The number of rotatable bonds is 6. The van der Waals surface area contributed by atoms with E-state index >= 15 is 0 Å². The maximum absolute atomic E-state index is 13.5. The average Bonchev–Trinajstić information content (AvgIpc) is 3.00. The summed E-state index contributed by atoms with van der Waals surface area (Å²) in [5.41, 5.74) is 2.66. The van der Waals surface area contributed by atoms with E-state index in [1.807, 2.05) is 20.8 Å². The van der Waals surface area contributed by atoms with E-state index in [9.17, 15) is 14.0 Å². The molecule has 0 fully saturated rings. The van der Waals surface area contributed by atoms with E-state index in [1.165, 1.54) is 24.3 Å². The Labute approximate surface area is 196 Å². The van der Waals surface area contributed by atoms with Crippen LogP contribution >= 0.6 is 11.6 Å². The maximum atomic E-state index is 13.5. The summed E-state index contributed by atoms with van der Waals surface area (Å²) < 4.78 is 19.1. The zero-order valence-electron chi connectivity index (χ0n) is 18.4. The number of hydrogen-bond acceptors (Lipinski definition) is 4. The second kappa shape index (κ2) is 9.08. The van der Waals surface area contributed by atoms with Gasteiger partial charge < -0.3 is 10.1 Å². The first-order chi connectivity index (χ1) is 15.7. The van der Waals surface area contributed by atoms with Crippen LogP contribution in [0.15, 0.2) is 72.4 Å². The minimum atomic E-state index is -0.529. The van der Waals surface area contributed by atoms with Gasteiger partial charge in [-0.3, -0.25) is 9.59 Å². The molecule has 0 aliphatic carbocycles. The van der Waals surface area contributed by atoms with E-state index in [4.69, 9.17) is 16.3 Å². The Morgan fingerprint density at radius 3 is 2.21 bits per heavy atom. The van der Waals surface area contributed by atoms with Gasteiger partial charge in [0.25, 0.3) is 11.8 Å². The van der Waals surface area contributed by atoms with Gasteiger partial charge in [-0.15, -0.1) is 0 Å². The molecule has 0 spiro atoms. The highest BCUT2D eigenvalue weighted by molar-refractivity contribution is 6.46. The Morgan fingerprint density at radius 1 is 0.939 bits per heavy atom. The van der Waals surface area contributed by atoms with E-state index < -0.39 is 17.6 Å². The summed E-state index contributed by atoms with van der Waals surface area (Å²) in [6.45, 7) is 5.70. The number of carbonyl (C=O) groups is 2. The molecule has 33 heavy (non-hydrogen) atoms. The number of benzene rings is 3. The molecule has 0 saturated carbocycles. The van der Waals surface area contributed by atoms with Crippen LogP contribution in [-0.2, 0) is 9.59 Å². The predicted molar refractivity (Wildman–Crippen MR) is 128 cm³/mol. The van der Waals surface area contributed by atoms with Crippen molar-refractivity contribution < 1.29 is 18.7 Å². The highest BCUT2D eigenvalue weighted by Crippen LogP contribution is 2.35. The molecule has 1 aliphatic rings. The van der Waals surface area contributed by atoms with Crippen molar-refractivity contribution in [2.45, 2.75) is 26.9 Å². The molecule has 0 bridgehead atoms. The number of nitrogens with one attached hydrogen (secondary N) is 1. The van der Waals surface area contributed by atoms with Gasteiger partial charge in [0, 0.05) is 10.7 Å². The fourth-order valence-electron chi connectivity index (χ4n) is 3.61. The zero-order chi connectivity index (χ0) is 23.7. The average molecular weight is 465 g/mol. The minimum absolute atomic E-state index is 0.00355. The SMILES string of the molecule is Cc1cc(Cl)ccc1NC1=C(c2ccc(OC(C)C)cc2)C(=O)N(c2ccc(F)cc2)C1=O. The van der Waals surface area contributed by atoms with E-state index in [0.29, 0.717) is 22.0 Å². The molecule has 0 aromatic heterocycles. The highest BCUT2D eigenvalue weighted by atomic mass is 35.5. The Kier molecular flexibility index (Phi) is 6.20. The van der Waals surface area contributed by atoms with Crippen LogP contribution in [-0.4, -0.2) is 17.9 Å². The van der Waals surface area contributed by atoms with Gasteiger partial charge in [0.1, 0.15) is 17.3 Å². The van der Waals surface area contributed by atoms with E-state index in [0.717, 1.165) is 10.5 Å². The lowest BCUT2D eigenvalue weighted by molar-refractivity contribution is -0.120. The molecule has 3 aromatic rings. The van der Waals surface area contributed by atoms with Crippen molar-refractivity contribution in [3.05, 3.63) is 94.4 Å². The number of halogens is 2. The summed E-state index contributed by atoms with van der Waals surface area (Å²) in [5.74, 6) is -0.830. The van der Waals surface area contributed by atoms with Gasteiger partial charge in [0.2, 0.25) is 0 Å². The number of nitrogens with zero attached hydrogens (tertiary/aromatic N) is 1. The number of imide groups is 1. The fraction of sp³-hybridized carbons (Fsp3) is 0.154. The molecule has 1 N–H and O–H groups in total. The Morgan fingerprint density at radius 2 is 1.61 bits per heavy atom. The molecule has 3 aromatic carbocycles. The van der Waals surface area contributed by atoms with Gasteiger partial charge in [0.15, 0.2) is 0 Å². The molecule has 1 heterocycles. The minimum Gasteiger partial charge on any atom is -0.491 e. The van der Waals surface area contributed by atoms with Crippen molar-refractivity contribution in [3.63, 3.8) is 0 Å². The van der Waals surface area contributed by atoms with Gasteiger partial charge in [0.05, 0.1) is 17.4 Å². The number of aryl methyl sites for hydroxylation is 1. The van der Waals surface area contributed by atoms with E-state index in [2.05, 4.69) is 5.32 Å². The molecule has 0 radical (unpaired) electrons. The highest BCUT2D eigenvalue weighted by Gasteiger charge is 2.40. The first kappa shape index (κ1) is 22.6. The van der Waals surface area contributed by atoms with Crippen LogP contribution in [0, 0.1) is 12.7 Å². The molecule has 2 amide bonds. The van der Waals surface area contributed by atoms with Crippen LogP contribution in [0.1, 0.15) is 25.0 Å². The van der Waals surface area contributed by atoms with E-state index in [-0.39, 0.29) is 23.1 Å². The largest absolute Gasteiger partial charge is 0.491 e. The third-order valence-corrected chi connectivity index (χ3v) is 5.37. The monoisotopic (exact) mass is 464 g/mol. The number of ether oxygens (including phenoxy) is 1. The molecule has 168 valence electrons. The summed E-state index contributed by atoms with van der Waals surface area (Å²) in [6, 6.07) is 17.4. The smallest absolute Gasteiger partial charge is 0.282 e. The van der Waals surface area contributed by atoms with Crippen molar-refractivity contribution in [2.24, 2.45) is 0 Å². The zero-order valence-corrected chi connectivity index (χ0v) is 19.1. The van der Waals surface area contributed by atoms with Crippen molar-refractivity contribution in [1.29, 1.82) is 0 Å². The molecule has 1 aliphatic heterocycles. The van der Waals surface area contributed by atoms with Crippen LogP contribution in [0.3, 0.4) is 0 Å². The van der Waals surface area contributed by atoms with Gasteiger partial charge >= 0.3 is 0 Å². The molecule has 0 atom stereocenters. The van der Waals surface area contributed by atoms with Crippen LogP contribution < -0.4 is 15.0 Å². The predicted octanol–water partition coefficient (Wildman–Crippen LogP) is 5.97. The fourth-order valence-corrected chi connectivity index (χ4v) is 3.84. The van der Waals surface area contributed by atoms with Crippen LogP contribution in [0.2, 0.25) is 5.02 Å². The normalized spacial score (nSPS) is 13.8. The Bertz CT molecular complexity index is 1250. The molecule has 0 unspecified atom stereocenters. The summed E-state index contributed by atoms with van der Waals surface area (Å²) >= 11 is 6.07. The van der Waals surface area contributed by atoms with Gasteiger partial charge in [-0.1, -0.05) is 23.7 Å². The Balaban J connectivity index is 1.79. The molecule has 0 saturated heterocycles. The lowest BCUT2D eigenvalue weighted by Gasteiger charge is -2.15. The van der Waals surface area contributed by atoms with Crippen molar-refractivity contribution in [2.75, 3.05) is 10.2 Å². The van der Waals surface area contributed by atoms with Crippen LogP contribution in [0.25, 0.3) is 5.57 Å². The van der Waals surface area contributed by atoms with Crippen molar-refractivity contribution in [1.82, 2.24) is 0 Å². The lowest BCUT2D eigenvalue weighted by atomic mass is 10.0. The van der Waals surface area contributed by atoms with Crippen LogP contribution in [0.5, 0.6) is 5.75 Å². The number of amides is 2. The molecule has 4 rings (SSSR count). The molecular formula is C26H22ClFN2O3. The third-order valence-electron chi connectivity index (χ3n) is 5.13. The molecule has 7 heteroatoms. The van der Waals surface area contributed by atoms with Gasteiger partial charge in [-0.05, 0) is 86.5 Å². The summed E-state index contributed by atoms with van der Waals surface area (Å²) in [5, 5.41) is 3.69. The van der Waals surface area contributed by atoms with Crippen molar-refractivity contribution >= 4 is 40.4 Å². The topological polar surface area (TPSA) is 58.6 Å². The molecular weight excluding hydrogens is 443 g/mol. The maximum Gasteiger partial charge on any atom is 0.282 e. The summed E-state index contributed by atoms with van der Waals surface area (Å²) in [4.78, 5) is 27.9. The summed E-state index contributed by atoms with van der Waals surface area (Å²) in [6.07, 6.45) is 0.00355. The Hall–Kier alpha value is -3.64. The second-order valence-corrected chi connectivity index (χ2v) is 8.38. The summed E-state index contributed by atoms with van der Waals surface area (Å²) in [7, 11) is 0. The van der Waals surface area contributed by atoms with Gasteiger partial charge in [-0.25, -0.2) is 9.29 Å². The standard InChI is InChI=1S/C26H22ClFN2O3/c1-15(2)33-21-11-4-17(5-12-21)23-24(29-22-13-6-18(27)14-16(22)3)26(32)30(25(23)31)20-9-7-19(28)8-10-20/h4-15,29H,1-3H3. The third kappa shape index (κ3) is 4.61. The van der Waals surface area contributed by atoms with Crippen LogP contribution in [0.4, 0.5) is 15.8 Å².